The fourth-order valence-corrected chi connectivity index (χ4v) is 4.00. The first kappa shape index (κ1) is 22.9. The lowest BCUT2D eigenvalue weighted by Gasteiger charge is -2.12. The van der Waals surface area contributed by atoms with Crippen molar-refractivity contribution < 1.29 is 14.4 Å². The number of hydrogen-bond donors (Lipinski definition) is 3. The molecule has 0 saturated carbocycles. The molecule has 3 N–H and O–H groups in total. The van der Waals surface area contributed by atoms with Crippen LogP contribution < -0.4 is 16.0 Å². The molecule has 1 aromatic heterocycles. The predicted molar refractivity (Wildman–Crippen MR) is 135 cm³/mol. The van der Waals surface area contributed by atoms with Crippen LogP contribution in [0.3, 0.4) is 0 Å². The van der Waals surface area contributed by atoms with Crippen molar-refractivity contribution in [3.05, 3.63) is 117 Å². The van der Waals surface area contributed by atoms with Crippen molar-refractivity contribution in [1.82, 2.24) is 5.32 Å². The van der Waals surface area contributed by atoms with E-state index in [2.05, 4.69) is 16.0 Å². The second-order valence-electron chi connectivity index (χ2n) is 7.68. The van der Waals surface area contributed by atoms with Crippen LogP contribution in [0.5, 0.6) is 0 Å². The van der Waals surface area contributed by atoms with Crippen LogP contribution in [-0.4, -0.2) is 17.7 Å². The zero-order valence-electron chi connectivity index (χ0n) is 18.5. The third-order valence-corrected chi connectivity index (χ3v) is 5.98. The van der Waals surface area contributed by atoms with Crippen molar-refractivity contribution in [2.24, 2.45) is 0 Å². The zero-order valence-corrected chi connectivity index (χ0v) is 19.3. The van der Waals surface area contributed by atoms with Gasteiger partial charge in [-0.15, -0.1) is 11.3 Å². The Morgan fingerprint density at radius 1 is 0.765 bits per heavy atom. The average molecular weight is 470 g/mol. The molecule has 0 aliphatic carbocycles. The largest absolute Gasteiger partial charge is 0.347 e. The van der Waals surface area contributed by atoms with Gasteiger partial charge in [0.25, 0.3) is 17.7 Å². The second-order valence-corrected chi connectivity index (χ2v) is 8.63. The van der Waals surface area contributed by atoms with Gasteiger partial charge in [0.05, 0.1) is 16.1 Å². The number of thiophene rings is 1. The molecule has 0 atom stereocenters. The van der Waals surface area contributed by atoms with E-state index in [4.69, 9.17) is 0 Å². The van der Waals surface area contributed by atoms with Gasteiger partial charge in [0.15, 0.2) is 0 Å². The molecule has 7 heteroatoms. The molecule has 4 rings (SSSR count). The molecule has 3 aromatic carbocycles. The van der Waals surface area contributed by atoms with E-state index in [1.54, 1.807) is 54.6 Å². The van der Waals surface area contributed by atoms with E-state index >= 15 is 0 Å². The topological polar surface area (TPSA) is 87.3 Å². The molecule has 6 nitrogen and oxygen atoms in total. The summed E-state index contributed by atoms with van der Waals surface area (Å²) in [4.78, 5) is 38.4. The van der Waals surface area contributed by atoms with Crippen LogP contribution in [0.25, 0.3) is 0 Å². The number of carbonyl (C=O) groups excluding carboxylic acids is 3. The lowest BCUT2D eigenvalue weighted by Crippen LogP contribution is -2.22. The summed E-state index contributed by atoms with van der Waals surface area (Å²) < 4.78 is 0. The van der Waals surface area contributed by atoms with Gasteiger partial charge in [-0.05, 0) is 65.9 Å². The van der Waals surface area contributed by atoms with Gasteiger partial charge in [-0.2, -0.15) is 0 Å². The third kappa shape index (κ3) is 5.76. The summed E-state index contributed by atoms with van der Waals surface area (Å²) in [6.07, 6.45) is 0. The number of hydrogen-bond acceptors (Lipinski definition) is 4. The number of benzene rings is 3. The minimum atomic E-state index is -0.329. The van der Waals surface area contributed by atoms with E-state index in [1.165, 1.54) is 11.3 Å². The summed E-state index contributed by atoms with van der Waals surface area (Å²) >= 11 is 1.38. The highest BCUT2D eigenvalue weighted by Crippen LogP contribution is 2.19. The summed E-state index contributed by atoms with van der Waals surface area (Å²) in [7, 11) is 0. The maximum atomic E-state index is 12.8. The number of carbonyl (C=O) groups is 3. The maximum Gasteiger partial charge on any atom is 0.261 e. The third-order valence-electron chi connectivity index (χ3n) is 5.11. The highest BCUT2D eigenvalue weighted by atomic mass is 32.1. The highest BCUT2D eigenvalue weighted by molar-refractivity contribution is 7.12. The molecule has 0 radical (unpaired) electrons. The Morgan fingerprint density at radius 3 is 2.29 bits per heavy atom. The molecule has 1 heterocycles. The van der Waals surface area contributed by atoms with Crippen molar-refractivity contribution in [2.75, 3.05) is 10.6 Å². The van der Waals surface area contributed by atoms with E-state index < -0.39 is 0 Å². The smallest absolute Gasteiger partial charge is 0.261 e. The van der Waals surface area contributed by atoms with Crippen molar-refractivity contribution in [1.29, 1.82) is 0 Å². The first-order chi connectivity index (χ1) is 16.5. The second kappa shape index (κ2) is 10.6. The van der Waals surface area contributed by atoms with Crippen molar-refractivity contribution in [2.45, 2.75) is 13.5 Å². The molecule has 34 heavy (non-hydrogen) atoms. The molecular weight excluding hydrogens is 446 g/mol. The van der Waals surface area contributed by atoms with Crippen molar-refractivity contribution >= 4 is 40.4 Å². The van der Waals surface area contributed by atoms with Gasteiger partial charge in [-0.25, -0.2) is 0 Å². The van der Waals surface area contributed by atoms with Crippen molar-refractivity contribution in [3.8, 4) is 0 Å². The SMILES string of the molecule is Cc1cccc(NC(=O)c2ccccc2NC(=O)c2ccc(CNC(=O)c3cccs3)cc2)c1. The fraction of sp³-hybridized carbons (Fsp3) is 0.0741. The molecule has 0 fully saturated rings. The Labute approximate surface area is 201 Å². The van der Waals surface area contributed by atoms with Gasteiger partial charge in [-0.3, -0.25) is 14.4 Å². The number of anilines is 2. The molecule has 0 unspecified atom stereocenters. The van der Waals surface area contributed by atoms with Crippen LogP contribution in [0, 0.1) is 6.92 Å². The molecule has 0 aliphatic heterocycles. The first-order valence-corrected chi connectivity index (χ1v) is 11.6. The molecule has 4 aromatic rings. The molecule has 0 saturated heterocycles. The summed E-state index contributed by atoms with van der Waals surface area (Å²) in [6.45, 7) is 2.31. The van der Waals surface area contributed by atoms with Crippen LogP contribution in [-0.2, 0) is 6.54 Å². The molecule has 0 aliphatic rings. The van der Waals surface area contributed by atoms with E-state index in [9.17, 15) is 14.4 Å². The maximum absolute atomic E-state index is 12.8. The molecular formula is C27H23N3O3S. The van der Waals surface area contributed by atoms with Crippen LogP contribution in [0.1, 0.15) is 41.5 Å². The number of aryl methyl sites for hydroxylation is 1. The van der Waals surface area contributed by atoms with Gasteiger partial charge in [0.2, 0.25) is 0 Å². The van der Waals surface area contributed by atoms with E-state index in [0.29, 0.717) is 33.9 Å². The Morgan fingerprint density at radius 2 is 1.56 bits per heavy atom. The van der Waals surface area contributed by atoms with E-state index in [0.717, 1.165) is 11.1 Å². The average Bonchev–Trinajstić information content (AvgIpc) is 3.38. The van der Waals surface area contributed by atoms with Crippen LogP contribution >= 0.6 is 11.3 Å². The summed E-state index contributed by atoms with van der Waals surface area (Å²) in [5.74, 6) is -0.763. The summed E-state index contributed by atoms with van der Waals surface area (Å²) in [6, 6.07) is 25.0. The van der Waals surface area contributed by atoms with E-state index in [-0.39, 0.29) is 17.7 Å². The van der Waals surface area contributed by atoms with Gasteiger partial charge < -0.3 is 16.0 Å². The first-order valence-electron chi connectivity index (χ1n) is 10.7. The van der Waals surface area contributed by atoms with Crippen LogP contribution in [0.15, 0.2) is 90.3 Å². The minimum Gasteiger partial charge on any atom is -0.347 e. The Kier molecular flexibility index (Phi) is 7.15. The van der Waals surface area contributed by atoms with Crippen LogP contribution in [0.4, 0.5) is 11.4 Å². The Balaban J connectivity index is 1.40. The van der Waals surface area contributed by atoms with Crippen molar-refractivity contribution in [3.63, 3.8) is 0 Å². The number of rotatable bonds is 7. The lowest BCUT2D eigenvalue weighted by molar-refractivity contribution is 0.0953. The van der Waals surface area contributed by atoms with Gasteiger partial charge >= 0.3 is 0 Å². The van der Waals surface area contributed by atoms with E-state index in [1.807, 2.05) is 42.6 Å². The highest BCUT2D eigenvalue weighted by Gasteiger charge is 2.15. The van der Waals surface area contributed by atoms with Gasteiger partial charge in [-0.1, -0.05) is 42.5 Å². The molecule has 0 bridgehead atoms. The quantitative estimate of drug-likeness (QED) is 0.334. The number of amides is 3. The Hall–Kier alpha value is -4.23. The normalized spacial score (nSPS) is 10.4. The monoisotopic (exact) mass is 469 g/mol. The summed E-state index contributed by atoms with van der Waals surface area (Å²) in [5, 5.41) is 10.4. The van der Waals surface area contributed by atoms with Gasteiger partial charge in [0.1, 0.15) is 0 Å². The molecule has 170 valence electrons. The molecule has 0 spiro atoms. The minimum absolute atomic E-state index is 0.127. The lowest BCUT2D eigenvalue weighted by atomic mass is 10.1. The van der Waals surface area contributed by atoms with Gasteiger partial charge in [0, 0.05) is 17.8 Å². The standard InChI is InChI=1S/C27H23N3O3S/c1-18-6-4-7-21(16-18)29-26(32)22-8-2-3-9-23(22)30-25(31)20-13-11-19(12-14-20)17-28-27(33)24-10-5-15-34-24/h2-16H,17H2,1H3,(H,28,33)(H,29,32)(H,30,31). The summed E-state index contributed by atoms with van der Waals surface area (Å²) in [5.41, 5.74) is 3.83. The molecule has 3 amide bonds. The fourth-order valence-electron chi connectivity index (χ4n) is 3.36. The Bertz CT molecular complexity index is 1320. The number of para-hydroxylation sites is 1. The predicted octanol–water partition coefficient (Wildman–Crippen LogP) is 5.49. The number of nitrogens with one attached hydrogen (secondary N) is 3. The zero-order chi connectivity index (χ0) is 23.9. The van der Waals surface area contributed by atoms with Crippen LogP contribution in [0.2, 0.25) is 0 Å².